The molecule has 0 spiro atoms. The molecule has 1 atom stereocenters. The minimum atomic E-state index is -0.290. The van der Waals surface area contributed by atoms with Crippen molar-refractivity contribution in [3.05, 3.63) is 47.8 Å². The molecule has 5 nitrogen and oxygen atoms in total. The van der Waals surface area contributed by atoms with E-state index in [1.807, 2.05) is 29.2 Å². The van der Waals surface area contributed by atoms with Crippen molar-refractivity contribution in [2.75, 3.05) is 11.9 Å². The third kappa shape index (κ3) is 3.84. The maximum Gasteiger partial charge on any atom is 0.338 e. The number of carbonyl (C=O) groups is 1. The van der Waals surface area contributed by atoms with E-state index in [1.54, 1.807) is 19.1 Å². The van der Waals surface area contributed by atoms with Crippen molar-refractivity contribution < 1.29 is 9.53 Å². The summed E-state index contributed by atoms with van der Waals surface area (Å²) in [5, 5.41) is 7.66. The molecule has 1 unspecified atom stereocenters. The average molecular weight is 287 g/mol. The van der Waals surface area contributed by atoms with Crippen molar-refractivity contribution in [1.29, 1.82) is 0 Å². The van der Waals surface area contributed by atoms with E-state index in [0.29, 0.717) is 12.2 Å². The molecule has 0 amide bonds. The van der Waals surface area contributed by atoms with Gasteiger partial charge in [0.2, 0.25) is 0 Å². The van der Waals surface area contributed by atoms with Crippen LogP contribution in [0.5, 0.6) is 0 Å². The number of ether oxygens (including phenoxy) is 1. The number of aromatic nitrogens is 2. The van der Waals surface area contributed by atoms with Gasteiger partial charge < -0.3 is 10.1 Å². The highest BCUT2D eigenvalue weighted by Crippen LogP contribution is 2.19. The molecule has 0 bridgehead atoms. The van der Waals surface area contributed by atoms with Gasteiger partial charge in [-0.15, -0.1) is 0 Å². The summed E-state index contributed by atoms with van der Waals surface area (Å²) >= 11 is 0. The Kier molecular flexibility index (Phi) is 4.98. The van der Waals surface area contributed by atoms with Gasteiger partial charge in [0, 0.05) is 24.0 Å². The molecule has 2 rings (SSSR count). The zero-order valence-electron chi connectivity index (χ0n) is 12.7. The first-order valence-electron chi connectivity index (χ1n) is 7.20. The molecule has 0 aliphatic rings. The third-order valence-corrected chi connectivity index (χ3v) is 3.26. The van der Waals surface area contributed by atoms with Gasteiger partial charge in [0.1, 0.15) is 0 Å². The average Bonchev–Trinajstić information content (AvgIpc) is 2.97. The molecule has 0 saturated carbocycles. The van der Waals surface area contributed by atoms with Crippen LogP contribution in [0, 0.1) is 0 Å². The van der Waals surface area contributed by atoms with Gasteiger partial charge in [-0.25, -0.2) is 4.79 Å². The number of benzene rings is 1. The van der Waals surface area contributed by atoms with Crippen molar-refractivity contribution in [2.24, 2.45) is 0 Å². The normalized spacial score (nSPS) is 12.0. The van der Waals surface area contributed by atoms with Crippen LogP contribution in [0.15, 0.2) is 36.7 Å². The van der Waals surface area contributed by atoms with E-state index in [2.05, 4.69) is 24.3 Å². The molecule has 0 aliphatic heterocycles. The topological polar surface area (TPSA) is 56.1 Å². The van der Waals surface area contributed by atoms with Crippen LogP contribution >= 0.6 is 0 Å². The number of nitrogens with zero attached hydrogens (tertiary/aromatic N) is 2. The Labute approximate surface area is 124 Å². The molecular weight excluding hydrogens is 266 g/mol. The van der Waals surface area contributed by atoms with Gasteiger partial charge in [0.15, 0.2) is 0 Å². The number of hydrogen-bond donors (Lipinski definition) is 1. The summed E-state index contributed by atoms with van der Waals surface area (Å²) in [6.07, 6.45) is 3.90. The van der Waals surface area contributed by atoms with E-state index in [4.69, 9.17) is 4.74 Å². The predicted octanol–water partition coefficient (Wildman–Crippen LogP) is 3.25. The standard InChI is InChI=1S/C16H21N3O2/c1-4-19-11-14(10-17-19)12(3)18-15-8-6-13(7-9-15)16(20)21-5-2/h6-12,18H,4-5H2,1-3H3. The number of nitrogens with one attached hydrogen (secondary N) is 1. The van der Waals surface area contributed by atoms with Gasteiger partial charge in [0.05, 0.1) is 24.4 Å². The molecule has 112 valence electrons. The van der Waals surface area contributed by atoms with Gasteiger partial charge in [-0.2, -0.15) is 5.10 Å². The van der Waals surface area contributed by atoms with Crippen LogP contribution in [0.3, 0.4) is 0 Å². The molecule has 0 fully saturated rings. The number of carbonyl (C=O) groups excluding carboxylic acids is 1. The Morgan fingerprint density at radius 2 is 2.05 bits per heavy atom. The minimum absolute atomic E-state index is 0.152. The van der Waals surface area contributed by atoms with Gasteiger partial charge in [-0.1, -0.05) is 0 Å². The van der Waals surface area contributed by atoms with Crippen LogP contribution in [0.1, 0.15) is 42.7 Å². The first kappa shape index (κ1) is 15.1. The van der Waals surface area contributed by atoms with Crippen molar-refractivity contribution in [3.8, 4) is 0 Å². The van der Waals surface area contributed by atoms with E-state index in [1.165, 1.54) is 0 Å². The highest BCUT2D eigenvalue weighted by atomic mass is 16.5. The molecule has 5 heteroatoms. The summed E-state index contributed by atoms with van der Waals surface area (Å²) < 4.78 is 6.86. The van der Waals surface area contributed by atoms with Gasteiger partial charge >= 0.3 is 5.97 Å². The lowest BCUT2D eigenvalue weighted by atomic mass is 10.1. The zero-order chi connectivity index (χ0) is 15.2. The lowest BCUT2D eigenvalue weighted by Crippen LogP contribution is -2.07. The summed E-state index contributed by atoms with van der Waals surface area (Å²) in [6.45, 7) is 7.18. The molecule has 1 N–H and O–H groups in total. The van der Waals surface area contributed by atoms with Gasteiger partial charge in [0.25, 0.3) is 0 Å². The molecule has 21 heavy (non-hydrogen) atoms. The summed E-state index contributed by atoms with van der Waals surface area (Å²) in [7, 11) is 0. The number of aryl methyl sites for hydroxylation is 1. The second-order valence-electron chi connectivity index (χ2n) is 4.79. The Bertz CT molecular complexity index is 590. The number of rotatable bonds is 6. The van der Waals surface area contributed by atoms with Crippen molar-refractivity contribution in [1.82, 2.24) is 9.78 Å². The second kappa shape index (κ2) is 6.92. The second-order valence-corrected chi connectivity index (χ2v) is 4.79. The van der Waals surface area contributed by atoms with Crippen LogP contribution in [-0.2, 0) is 11.3 Å². The van der Waals surface area contributed by atoms with E-state index in [9.17, 15) is 4.79 Å². The molecule has 1 aromatic heterocycles. The van der Waals surface area contributed by atoms with Crippen LogP contribution in [-0.4, -0.2) is 22.4 Å². The zero-order valence-corrected chi connectivity index (χ0v) is 12.7. The van der Waals surface area contributed by atoms with Crippen molar-refractivity contribution in [3.63, 3.8) is 0 Å². The molecule has 0 radical (unpaired) electrons. The molecule has 0 saturated heterocycles. The Hall–Kier alpha value is -2.30. The largest absolute Gasteiger partial charge is 0.462 e. The van der Waals surface area contributed by atoms with E-state index >= 15 is 0 Å². The summed E-state index contributed by atoms with van der Waals surface area (Å²) in [5.41, 5.74) is 2.65. The highest BCUT2D eigenvalue weighted by molar-refractivity contribution is 5.89. The first-order valence-corrected chi connectivity index (χ1v) is 7.20. The molecule has 1 heterocycles. The monoisotopic (exact) mass is 287 g/mol. The Morgan fingerprint density at radius 3 is 2.62 bits per heavy atom. The number of anilines is 1. The van der Waals surface area contributed by atoms with Crippen molar-refractivity contribution >= 4 is 11.7 Å². The molecule has 1 aromatic carbocycles. The fourth-order valence-corrected chi connectivity index (χ4v) is 2.03. The van der Waals surface area contributed by atoms with Crippen LogP contribution in [0.2, 0.25) is 0 Å². The fraction of sp³-hybridized carbons (Fsp3) is 0.375. The van der Waals surface area contributed by atoms with E-state index in [0.717, 1.165) is 17.8 Å². The SMILES string of the molecule is CCOC(=O)c1ccc(NC(C)c2cnn(CC)c2)cc1. The van der Waals surface area contributed by atoms with E-state index < -0.39 is 0 Å². The van der Waals surface area contributed by atoms with Gasteiger partial charge in [-0.3, -0.25) is 4.68 Å². The molecule has 0 aliphatic carbocycles. The Morgan fingerprint density at radius 1 is 1.33 bits per heavy atom. The quantitative estimate of drug-likeness (QED) is 0.829. The molecule has 2 aromatic rings. The number of esters is 1. The summed E-state index contributed by atoms with van der Waals surface area (Å²) in [5.74, 6) is -0.290. The van der Waals surface area contributed by atoms with Gasteiger partial charge in [-0.05, 0) is 45.0 Å². The summed E-state index contributed by atoms with van der Waals surface area (Å²) in [6, 6.07) is 7.45. The van der Waals surface area contributed by atoms with Crippen LogP contribution in [0.4, 0.5) is 5.69 Å². The van der Waals surface area contributed by atoms with E-state index in [-0.39, 0.29) is 12.0 Å². The maximum atomic E-state index is 11.6. The third-order valence-electron chi connectivity index (χ3n) is 3.26. The minimum Gasteiger partial charge on any atom is -0.462 e. The van der Waals surface area contributed by atoms with Crippen molar-refractivity contribution in [2.45, 2.75) is 33.4 Å². The highest BCUT2D eigenvalue weighted by Gasteiger charge is 2.09. The lowest BCUT2D eigenvalue weighted by Gasteiger charge is -2.14. The smallest absolute Gasteiger partial charge is 0.338 e. The maximum absolute atomic E-state index is 11.6. The van der Waals surface area contributed by atoms with Crippen LogP contribution in [0.25, 0.3) is 0 Å². The fourth-order valence-electron chi connectivity index (χ4n) is 2.03. The molecular formula is C16H21N3O2. The number of hydrogen-bond acceptors (Lipinski definition) is 4. The Balaban J connectivity index is 2.01. The lowest BCUT2D eigenvalue weighted by molar-refractivity contribution is 0.0526. The predicted molar refractivity (Wildman–Crippen MR) is 82.3 cm³/mol. The summed E-state index contributed by atoms with van der Waals surface area (Å²) in [4.78, 5) is 11.6. The first-order chi connectivity index (χ1) is 10.1. The van der Waals surface area contributed by atoms with Crippen LogP contribution < -0.4 is 5.32 Å².